The van der Waals surface area contributed by atoms with E-state index in [0.717, 1.165) is 63.8 Å². The zero-order valence-electron chi connectivity index (χ0n) is 19.4. The summed E-state index contributed by atoms with van der Waals surface area (Å²) in [6.45, 7) is 7.03. The quantitative estimate of drug-likeness (QED) is 0.574. The summed E-state index contributed by atoms with van der Waals surface area (Å²) in [5, 5.41) is 6.28. The number of pyridine rings is 1. The molecule has 0 bridgehead atoms. The van der Waals surface area contributed by atoms with Crippen molar-refractivity contribution in [1.82, 2.24) is 15.6 Å². The van der Waals surface area contributed by atoms with E-state index in [-0.39, 0.29) is 22.5 Å². The summed E-state index contributed by atoms with van der Waals surface area (Å²) in [5.41, 5.74) is 2.99. The van der Waals surface area contributed by atoms with Crippen LogP contribution in [0.1, 0.15) is 54.6 Å². The molecule has 2 aromatic rings. The van der Waals surface area contributed by atoms with Crippen molar-refractivity contribution in [2.75, 3.05) is 35.8 Å². The maximum absolute atomic E-state index is 13.1. The topological polar surface area (TPSA) is 103 Å². The van der Waals surface area contributed by atoms with Crippen molar-refractivity contribution in [2.45, 2.75) is 56.9 Å². The number of carbonyl (C=O) groups is 1. The average molecular weight is 472 g/mol. The first-order valence-electron chi connectivity index (χ1n) is 11.8. The van der Waals surface area contributed by atoms with Gasteiger partial charge in [-0.2, -0.15) is 0 Å². The van der Waals surface area contributed by atoms with Gasteiger partial charge in [0.1, 0.15) is 5.82 Å². The molecule has 4 rings (SSSR count). The minimum atomic E-state index is -3.80. The molecule has 8 nitrogen and oxygen atoms in total. The smallest absolute Gasteiger partial charge is 0.261 e. The number of aromatic nitrogens is 1. The minimum absolute atomic E-state index is 0.00390. The van der Waals surface area contributed by atoms with Gasteiger partial charge in [0.15, 0.2) is 0 Å². The number of sulfonamides is 1. The van der Waals surface area contributed by atoms with Crippen LogP contribution in [0.3, 0.4) is 0 Å². The van der Waals surface area contributed by atoms with E-state index in [9.17, 15) is 13.2 Å². The van der Waals surface area contributed by atoms with Crippen molar-refractivity contribution in [2.24, 2.45) is 0 Å². The van der Waals surface area contributed by atoms with E-state index >= 15 is 0 Å². The third-order valence-electron chi connectivity index (χ3n) is 6.40. The number of amides is 1. The van der Waals surface area contributed by atoms with Crippen LogP contribution in [-0.2, 0) is 22.9 Å². The van der Waals surface area contributed by atoms with Crippen molar-refractivity contribution in [3.05, 3.63) is 47.2 Å². The van der Waals surface area contributed by atoms with Crippen LogP contribution in [0.2, 0.25) is 0 Å². The number of fused-ring (bicyclic) bond motifs is 1. The number of carbonyl (C=O) groups excluding carboxylic acids is 1. The van der Waals surface area contributed by atoms with Crippen LogP contribution in [0.25, 0.3) is 0 Å². The lowest BCUT2D eigenvalue weighted by Gasteiger charge is -2.30. The summed E-state index contributed by atoms with van der Waals surface area (Å²) in [6.07, 6.45) is 6.41. The molecule has 178 valence electrons. The Kier molecular flexibility index (Phi) is 7.19. The van der Waals surface area contributed by atoms with E-state index < -0.39 is 10.0 Å². The van der Waals surface area contributed by atoms with Crippen molar-refractivity contribution < 1.29 is 13.2 Å². The van der Waals surface area contributed by atoms with Gasteiger partial charge in [0.2, 0.25) is 0 Å². The predicted molar refractivity (Wildman–Crippen MR) is 130 cm³/mol. The molecule has 1 aliphatic heterocycles. The van der Waals surface area contributed by atoms with E-state index in [0.29, 0.717) is 11.4 Å². The highest BCUT2D eigenvalue weighted by molar-refractivity contribution is 7.92. The van der Waals surface area contributed by atoms with Gasteiger partial charge in [0.25, 0.3) is 15.9 Å². The van der Waals surface area contributed by atoms with E-state index in [4.69, 9.17) is 0 Å². The third-order valence-corrected chi connectivity index (χ3v) is 7.78. The molecule has 2 heterocycles. The molecule has 2 aliphatic rings. The minimum Gasteiger partial charge on any atom is -0.353 e. The number of hydrogen-bond acceptors (Lipinski definition) is 6. The van der Waals surface area contributed by atoms with Crippen molar-refractivity contribution >= 4 is 27.4 Å². The molecule has 0 unspecified atom stereocenters. The van der Waals surface area contributed by atoms with Crippen LogP contribution < -0.4 is 20.3 Å². The molecule has 0 saturated carbocycles. The molecule has 9 heteroatoms. The number of aryl methyl sites for hydroxylation is 2. The van der Waals surface area contributed by atoms with Crippen LogP contribution in [-0.4, -0.2) is 51.5 Å². The highest BCUT2D eigenvalue weighted by atomic mass is 32.2. The molecule has 33 heavy (non-hydrogen) atoms. The fourth-order valence-electron chi connectivity index (χ4n) is 4.30. The maximum Gasteiger partial charge on any atom is 0.261 e. The maximum atomic E-state index is 13.1. The molecule has 1 aliphatic carbocycles. The second-order valence-corrected chi connectivity index (χ2v) is 10.5. The third kappa shape index (κ3) is 5.47. The van der Waals surface area contributed by atoms with Crippen LogP contribution in [0.15, 0.2) is 35.4 Å². The number of rotatable bonds is 7. The number of benzene rings is 1. The average Bonchev–Trinajstić information content (AvgIpc) is 2.83. The zero-order valence-corrected chi connectivity index (χ0v) is 20.2. The first-order chi connectivity index (χ1) is 15.9. The van der Waals surface area contributed by atoms with Crippen LogP contribution >= 0.6 is 0 Å². The first-order valence-corrected chi connectivity index (χ1v) is 13.3. The molecule has 1 saturated heterocycles. The largest absolute Gasteiger partial charge is 0.353 e. The Morgan fingerprint density at radius 2 is 1.88 bits per heavy atom. The second-order valence-electron chi connectivity index (χ2n) is 8.86. The van der Waals surface area contributed by atoms with Crippen molar-refractivity contribution in [3.63, 3.8) is 0 Å². The van der Waals surface area contributed by atoms with Crippen LogP contribution in [0, 0.1) is 0 Å². The SMILES string of the molecule is CC[C@@H](C)NC(=O)c1cc(NS(=O)(=O)c2ccc3c(c2)CCCC3)cnc1N1CCNCC1. The Labute approximate surface area is 196 Å². The fraction of sp³-hybridized carbons (Fsp3) is 0.500. The summed E-state index contributed by atoms with van der Waals surface area (Å²) in [5.74, 6) is 0.328. The molecule has 3 N–H and O–H groups in total. The molecule has 0 radical (unpaired) electrons. The van der Waals surface area contributed by atoms with Gasteiger partial charge < -0.3 is 15.5 Å². The lowest BCUT2D eigenvalue weighted by atomic mass is 9.92. The number of anilines is 2. The Bertz CT molecular complexity index is 1110. The summed E-state index contributed by atoms with van der Waals surface area (Å²) in [7, 11) is -3.80. The van der Waals surface area contributed by atoms with E-state index in [1.807, 2.05) is 19.9 Å². The van der Waals surface area contributed by atoms with Gasteiger partial charge in [-0.25, -0.2) is 13.4 Å². The molecular weight excluding hydrogens is 438 g/mol. The summed E-state index contributed by atoms with van der Waals surface area (Å²) in [6, 6.07) is 6.95. The van der Waals surface area contributed by atoms with Crippen LogP contribution in [0.5, 0.6) is 0 Å². The zero-order chi connectivity index (χ0) is 23.4. The highest BCUT2D eigenvalue weighted by Gasteiger charge is 2.23. The number of nitrogens with zero attached hydrogens (tertiary/aromatic N) is 2. The van der Waals surface area contributed by atoms with Gasteiger partial charge in [-0.15, -0.1) is 0 Å². The predicted octanol–water partition coefficient (Wildman–Crippen LogP) is 2.70. The van der Waals surface area contributed by atoms with Gasteiger partial charge in [0.05, 0.1) is 22.3 Å². The number of hydrogen-bond donors (Lipinski definition) is 3. The molecule has 1 fully saturated rings. The fourth-order valence-corrected chi connectivity index (χ4v) is 5.39. The summed E-state index contributed by atoms with van der Waals surface area (Å²) >= 11 is 0. The normalized spacial score (nSPS) is 17.2. The second kappa shape index (κ2) is 10.1. The Hall–Kier alpha value is -2.65. The Morgan fingerprint density at radius 1 is 1.15 bits per heavy atom. The molecule has 1 atom stereocenters. The van der Waals surface area contributed by atoms with Gasteiger partial charge in [-0.1, -0.05) is 13.0 Å². The summed E-state index contributed by atoms with van der Waals surface area (Å²) < 4.78 is 28.9. The molecule has 1 amide bonds. The van der Waals surface area contributed by atoms with Gasteiger partial charge in [-0.05, 0) is 68.4 Å². The standard InChI is InChI=1S/C24H33N5O3S/c1-3-17(2)27-24(30)22-15-20(16-26-23(22)29-12-10-25-11-13-29)28-33(31,32)21-9-8-18-6-4-5-7-19(18)14-21/h8-9,14-17,25,28H,3-7,10-13H2,1-2H3,(H,27,30)/t17-/m1/s1. The van der Waals surface area contributed by atoms with Crippen molar-refractivity contribution in [3.8, 4) is 0 Å². The van der Waals surface area contributed by atoms with E-state index in [1.54, 1.807) is 18.2 Å². The number of nitrogens with one attached hydrogen (secondary N) is 3. The summed E-state index contributed by atoms with van der Waals surface area (Å²) in [4.78, 5) is 19.9. The van der Waals surface area contributed by atoms with E-state index in [1.165, 1.54) is 11.8 Å². The molecule has 1 aromatic heterocycles. The van der Waals surface area contributed by atoms with Gasteiger partial charge in [0, 0.05) is 32.2 Å². The Morgan fingerprint density at radius 3 is 2.61 bits per heavy atom. The molecular formula is C24H33N5O3S. The monoisotopic (exact) mass is 471 g/mol. The molecule has 1 aromatic carbocycles. The lowest BCUT2D eigenvalue weighted by Crippen LogP contribution is -2.45. The van der Waals surface area contributed by atoms with E-state index in [2.05, 4.69) is 25.2 Å². The lowest BCUT2D eigenvalue weighted by molar-refractivity contribution is 0.0939. The van der Waals surface area contributed by atoms with Gasteiger partial charge >= 0.3 is 0 Å². The van der Waals surface area contributed by atoms with Crippen LogP contribution in [0.4, 0.5) is 11.5 Å². The Balaban J connectivity index is 1.63. The number of piperazine rings is 1. The molecule has 0 spiro atoms. The highest BCUT2D eigenvalue weighted by Crippen LogP contribution is 2.27. The van der Waals surface area contributed by atoms with Crippen molar-refractivity contribution in [1.29, 1.82) is 0 Å². The van der Waals surface area contributed by atoms with Gasteiger partial charge in [-0.3, -0.25) is 9.52 Å². The first kappa shape index (κ1) is 23.5.